The zero-order chi connectivity index (χ0) is 16.1. The zero-order valence-corrected chi connectivity index (χ0v) is 13.5. The molecule has 1 aromatic heterocycles. The van der Waals surface area contributed by atoms with Crippen LogP contribution < -0.4 is 10.1 Å². The van der Waals surface area contributed by atoms with Crippen LogP contribution in [0.1, 0.15) is 20.8 Å². The largest absolute Gasteiger partial charge is 0.483 e. The van der Waals surface area contributed by atoms with Gasteiger partial charge in [0.1, 0.15) is 10.6 Å². The predicted octanol–water partition coefficient (Wildman–Crippen LogP) is 3.17. The number of benzene rings is 1. The number of hydrogen-bond acceptors (Lipinski definition) is 5. The number of esters is 1. The second-order valence-electron chi connectivity index (χ2n) is 4.72. The van der Waals surface area contributed by atoms with Crippen LogP contribution in [0, 0.1) is 13.8 Å². The number of amides is 1. The maximum Gasteiger partial charge on any atom is 0.348 e. The number of thiophene rings is 1. The third-order valence-corrected chi connectivity index (χ3v) is 4.14. The van der Waals surface area contributed by atoms with Gasteiger partial charge in [-0.3, -0.25) is 4.79 Å². The lowest BCUT2D eigenvalue weighted by Gasteiger charge is -2.08. The van der Waals surface area contributed by atoms with Crippen LogP contribution in [-0.4, -0.2) is 25.6 Å². The van der Waals surface area contributed by atoms with Crippen molar-refractivity contribution in [1.29, 1.82) is 0 Å². The molecule has 0 atom stereocenters. The Morgan fingerprint density at radius 1 is 1.18 bits per heavy atom. The molecule has 0 aliphatic carbocycles. The number of aryl methyl sites for hydroxylation is 2. The molecule has 6 heteroatoms. The Balaban J connectivity index is 1.95. The average Bonchev–Trinajstić information content (AvgIpc) is 2.86. The van der Waals surface area contributed by atoms with E-state index in [0.29, 0.717) is 15.6 Å². The monoisotopic (exact) mass is 319 g/mol. The Bertz CT molecular complexity index is 693. The Hall–Kier alpha value is -2.34. The van der Waals surface area contributed by atoms with Crippen molar-refractivity contribution in [2.45, 2.75) is 13.8 Å². The smallest absolute Gasteiger partial charge is 0.348 e. The molecule has 2 aromatic rings. The van der Waals surface area contributed by atoms with Gasteiger partial charge in [-0.05, 0) is 37.1 Å². The standard InChI is InChI=1S/C16H17NO4S/c1-10-6-4-5-7-12(10)21-9-13(18)17-14-8-11(2)15(22-14)16(19)20-3/h4-8H,9H2,1-3H3,(H,17,18). The molecule has 116 valence electrons. The highest BCUT2D eigenvalue weighted by molar-refractivity contribution is 7.18. The Morgan fingerprint density at radius 2 is 1.91 bits per heavy atom. The van der Waals surface area contributed by atoms with Crippen molar-refractivity contribution in [1.82, 2.24) is 0 Å². The molecule has 0 radical (unpaired) electrons. The first-order valence-corrected chi connectivity index (χ1v) is 7.50. The first-order chi connectivity index (χ1) is 10.5. The van der Waals surface area contributed by atoms with Gasteiger partial charge in [-0.15, -0.1) is 11.3 Å². The molecule has 2 rings (SSSR count). The third kappa shape index (κ3) is 3.85. The summed E-state index contributed by atoms with van der Waals surface area (Å²) in [4.78, 5) is 23.9. The van der Waals surface area contributed by atoms with Gasteiger partial charge in [0.2, 0.25) is 0 Å². The molecule has 0 unspecified atom stereocenters. The molecule has 0 aliphatic rings. The van der Waals surface area contributed by atoms with E-state index in [0.717, 1.165) is 11.1 Å². The van der Waals surface area contributed by atoms with Crippen LogP contribution in [0.5, 0.6) is 5.75 Å². The predicted molar refractivity (Wildman–Crippen MR) is 85.7 cm³/mol. The summed E-state index contributed by atoms with van der Waals surface area (Å²) < 4.78 is 10.2. The molecule has 0 fully saturated rings. The first kappa shape index (κ1) is 16.0. The van der Waals surface area contributed by atoms with Crippen molar-refractivity contribution >= 4 is 28.2 Å². The van der Waals surface area contributed by atoms with Crippen molar-refractivity contribution in [3.8, 4) is 5.75 Å². The lowest BCUT2D eigenvalue weighted by Crippen LogP contribution is -2.19. The van der Waals surface area contributed by atoms with Crippen LogP contribution in [0.15, 0.2) is 30.3 Å². The molecule has 5 nitrogen and oxygen atoms in total. The Kier molecular flexibility index (Phi) is 5.16. The summed E-state index contributed by atoms with van der Waals surface area (Å²) in [5.41, 5.74) is 1.74. The Labute approximate surface area is 132 Å². The van der Waals surface area contributed by atoms with E-state index in [1.54, 1.807) is 13.0 Å². The number of para-hydroxylation sites is 1. The second kappa shape index (κ2) is 7.09. The summed E-state index contributed by atoms with van der Waals surface area (Å²) in [6.07, 6.45) is 0. The Morgan fingerprint density at radius 3 is 2.59 bits per heavy atom. The highest BCUT2D eigenvalue weighted by atomic mass is 32.1. The fourth-order valence-electron chi connectivity index (χ4n) is 1.87. The molecule has 1 heterocycles. The van der Waals surface area contributed by atoms with E-state index in [4.69, 9.17) is 4.74 Å². The zero-order valence-electron chi connectivity index (χ0n) is 12.6. The number of nitrogens with one attached hydrogen (secondary N) is 1. The van der Waals surface area contributed by atoms with Crippen molar-refractivity contribution in [3.05, 3.63) is 46.3 Å². The molecule has 1 amide bonds. The van der Waals surface area contributed by atoms with E-state index in [9.17, 15) is 9.59 Å². The summed E-state index contributed by atoms with van der Waals surface area (Å²) in [5, 5.41) is 3.31. The number of carbonyl (C=O) groups excluding carboxylic acids is 2. The number of carbonyl (C=O) groups is 2. The van der Waals surface area contributed by atoms with E-state index < -0.39 is 5.97 Å². The third-order valence-electron chi connectivity index (χ3n) is 3.00. The van der Waals surface area contributed by atoms with E-state index >= 15 is 0 Å². The SMILES string of the molecule is COC(=O)c1sc(NC(=O)COc2ccccc2C)cc1C. The lowest BCUT2D eigenvalue weighted by atomic mass is 10.2. The molecule has 1 N–H and O–H groups in total. The van der Waals surface area contributed by atoms with Crippen LogP contribution in [-0.2, 0) is 9.53 Å². The van der Waals surface area contributed by atoms with Gasteiger partial charge in [-0.1, -0.05) is 18.2 Å². The molecular formula is C16H17NO4S. The van der Waals surface area contributed by atoms with Gasteiger partial charge in [0.05, 0.1) is 12.1 Å². The van der Waals surface area contributed by atoms with Crippen molar-refractivity contribution < 1.29 is 19.1 Å². The van der Waals surface area contributed by atoms with Gasteiger partial charge in [-0.2, -0.15) is 0 Å². The second-order valence-corrected chi connectivity index (χ2v) is 5.77. The van der Waals surface area contributed by atoms with E-state index in [1.165, 1.54) is 18.4 Å². The van der Waals surface area contributed by atoms with Gasteiger partial charge in [0, 0.05) is 0 Å². The quantitative estimate of drug-likeness (QED) is 0.860. The van der Waals surface area contributed by atoms with Crippen LogP contribution in [0.3, 0.4) is 0 Å². The molecule has 0 bridgehead atoms. The maximum atomic E-state index is 11.9. The van der Waals surface area contributed by atoms with Crippen LogP contribution in [0.2, 0.25) is 0 Å². The summed E-state index contributed by atoms with van der Waals surface area (Å²) in [6.45, 7) is 3.62. The fraction of sp³-hybridized carbons (Fsp3) is 0.250. The molecule has 0 saturated heterocycles. The topological polar surface area (TPSA) is 64.6 Å². The normalized spacial score (nSPS) is 10.1. The summed E-state index contributed by atoms with van der Waals surface area (Å²) in [5.74, 6) is -0.00432. The van der Waals surface area contributed by atoms with Gasteiger partial charge in [-0.25, -0.2) is 4.79 Å². The lowest BCUT2D eigenvalue weighted by molar-refractivity contribution is -0.118. The number of rotatable bonds is 5. The average molecular weight is 319 g/mol. The molecule has 22 heavy (non-hydrogen) atoms. The highest BCUT2D eigenvalue weighted by Gasteiger charge is 2.15. The molecule has 0 aliphatic heterocycles. The fourth-order valence-corrected chi connectivity index (χ4v) is 2.88. The van der Waals surface area contributed by atoms with Crippen molar-refractivity contribution in [3.63, 3.8) is 0 Å². The van der Waals surface area contributed by atoms with E-state index in [-0.39, 0.29) is 12.5 Å². The van der Waals surface area contributed by atoms with Crippen molar-refractivity contribution in [2.75, 3.05) is 19.0 Å². The number of hydrogen-bond donors (Lipinski definition) is 1. The minimum absolute atomic E-state index is 0.0879. The summed E-state index contributed by atoms with van der Waals surface area (Å²) in [7, 11) is 1.33. The summed E-state index contributed by atoms with van der Waals surface area (Å²) >= 11 is 1.18. The highest BCUT2D eigenvalue weighted by Crippen LogP contribution is 2.27. The first-order valence-electron chi connectivity index (χ1n) is 6.68. The van der Waals surface area contributed by atoms with Gasteiger partial charge < -0.3 is 14.8 Å². The minimum Gasteiger partial charge on any atom is -0.483 e. The number of anilines is 1. The van der Waals surface area contributed by atoms with Gasteiger partial charge in [0.15, 0.2) is 6.61 Å². The van der Waals surface area contributed by atoms with Gasteiger partial charge in [0.25, 0.3) is 5.91 Å². The minimum atomic E-state index is -0.404. The number of ether oxygens (including phenoxy) is 2. The maximum absolute atomic E-state index is 11.9. The van der Waals surface area contributed by atoms with Crippen LogP contribution >= 0.6 is 11.3 Å². The van der Waals surface area contributed by atoms with Gasteiger partial charge >= 0.3 is 5.97 Å². The van der Waals surface area contributed by atoms with E-state index in [2.05, 4.69) is 10.1 Å². The number of methoxy groups -OCH3 is 1. The van der Waals surface area contributed by atoms with Crippen LogP contribution in [0.4, 0.5) is 5.00 Å². The molecule has 0 spiro atoms. The molecule has 1 aromatic carbocycles. The van der Waals surface area contributed by atoms with E-state index in [1.807, 2.05) is 31.2 Å². The van der Waals surface area contributed by atoms with Crippen LogP contribution in [0.25, 0.3) is 0 Å². The molecule has 0 saturated carbocycles. The molecular weight excluding hydrogens is 302 g/mol. The summed E-state index contributed by atoms with van der Waals surface area (Å²) in [6, 6.07) is 9.23. The van der Waals surface area contributed by atoms with Crippen molar-refractivity contribution in [2.24, 2.45) is 0 Å².